The van der Waals surface area contributed by atoms with Crippen LogP contribution in [-0.2, 0) is 0 Å². The number of nitrogens with one attached hydrogen (secondary N) is 1. The quantitative estimate of drug-likeness (QED) is 0.621. The number of amides is 3. The van der Waals surface area contributed by atoms with Gasteiger partial charge in [0.05, 0.1) is 5.56 Å². The van der Waals surface area contributed by atoms with Crippen molar-refractivity contribution in [1.82, 2.24) is 14.8 Å². The largest absolute Gasteiger partial charge is 0.338 e. The van der Waals surface area contributed by atoms with Crippen molar-refractivity contribution in [2.24, 2.45) is 0 Å². The average molecular weight is 450 g/mol. The second kappa shape index (κ2) is 9.77. The van der Waals surface area contributed by atoms with E-state index in [1.165, 1.54) is 30.3 Å². The zero-order valence-electron chi connectivity index (χ0n) is 18.2. The van der Waals surface area contributed by atoms with E-state index < -0.39 is 11.6 Å². The Hall–Kier alpha value is -3.81. The fourth-order valence-corrected chi connectivity index (χ4v) is 3.99. The normalized spacial score (nSPS) is 14.1. The zero-order chi connectivity index (χ0) is 23.4. The minimum absolute atomic E-state index is 0.0423. The maximum absolute atomic E-state index is 14.6. The van der Waals surface area contributed by atoms with Crippen LogP contribution in [0.25, 0.3) is 11.1 Å². The van der Waals surface area contributed by atoms with Crippen molar-refractivity contribution >= 4 is 17.6 Å². The lowest BCUT2D eigenvalue weighted by Gasteiger charge is -2.36. The van der Waals surface area contributed by atoms with Gasteiger partial charge in [-0.25, -0.2) is 13.6 Å². The monoisotopic (exact) mass is 450 g/mol. The summed E-state index contributed by atoms with van der Waals surface area (Å²) < 4.78 is 28.0. The highest BCUT2D eigenvalue weighted by Crippen LogP contribution is 2.26. The fourth-order valence-electron chi connectivity index (χ4n) is 3.99. The van der Waals surface area contributed by atoms with E-state index in [1.807, 2.05) is 0 Å². The molecule has 8 heteroatoms. The Morgan fingerprint density at radius 3 is 2.52 bits per heavy atom. The SMILES string of the molecule is CN(C(=O)Nc1ccc(-c2cccc(F)c2)c(F)c1)C1CCN(C(=O)c2cccnc2)CC1. The third-order valence-corrected chi connectivity index (χ3v) is 5.88. The number of hydrogen-bond donors (Lipinski definition) is 1. The summed E-state index contributed by atoms with van der Waals surface area (Å²) in [4.78, 5) is 32.6. The lowest BCUT2D eigenvalue weighted by molar-refractivity contribution is 0.0671. The van der Waals surface area contributed by atoms with Crippen LogP contribution in [0.2, 0.25) is 0 Å². The number of benzene rings is 2. The topological polar surface area (TPSA) is 65.5 Å². The zero-order valence-corrected chi connectivity index (χ0v) is 18.2. The molecule has 3 aromatic rings. The van der Waals surface area contributed by atoms with E-state index in [-0.39, 0.29) is 23.5 Å². The summed E-state index contributed by atoms with van der Waals surface area (Å²) >= 11 is 0. The number of nitrogens with zero attached hydrogens (tertiary/aromatic N) is 3. The molecule has 170 valence electrons. The van der Waals surface area contributed by atoms with Gasteiger partial charge in [-0.3, -0.25) is 9.78 Å². The van der Waals surface area contributed by atoms with Gasteiger partial charge < -0.3 is 15.1 Å². The average Bonchev–Trinajstić information content (AvgIpc) is 2.84. The highest BCUT2D eigenvalue weighted by molar-refractivity contribution is 5.94. The molecule has 1 aliphatic heterocycles. The molecule has 2 aromatic carbocycles. The molecule has 0 radical (unpaired) electrons. The number of aromatic nitrogens is 1. The first kappa shape index (κ1) is 22.4. The Morgan fingerprint density at radius 1 is 1.06 bits per heavy atom. The van der Waals surface area contributed by atoms with Crippen LogP contribution in [0.3, 0.4) is 0 Å². The number of piperidine rings is 1. The highest BCUT2D eigenvalue weighted by Gasteiger charge is 2.28. The summed E-state index contributed by atoms with van der Waals surface area (Å²) in [6, 6.07) is 13.1. The Kier molecular flexibility index (Phi) is 6.63. The van der Waals surface area contributed by atoms with Gasteiger partial charge in [0.25, 0.3) is 5.91 Å². The first-order valence-electron chi connectivity index (χ1n) is 10.7. The van der Waals surface area contributed by atoms with Gasteiger partial charge in [-0.1, -0.05) is 12.1 Å². The number of rotatable bonds is 4. The third kappa shape index (κ3) is 5.16. The molecule has 6 nitrogen and oxygen atoms in total. The van der Waals surface area contributed by atoms with Crippen molar-refractivity contribution in [2.45, 2.75) is 18.9 Å². The molecule has 0 spiro atoms. The maximum Gasteiger partial charge on any atom is 0.321 e. The van der Waals surface area contributed by atoms with Gasteiger partial charge in [0.2, 0.25) is 0 Å². The lowest BCUT2D eigenvalue weighted by Crippen LogP contribution is -2.48. The molecule has 1 saturated heterocycles. The molecule has 1 fully saturated rings. The molecule has 0 atom stereocenters. The van der Waals surface area contributed by atoms with Crippen molar-refractivity contribution in [3.63, 3.8) is 0 Å². The number of pyridine rings is 1. The van der Waals surface area contributed by atoms with Crippen molar-refractivity contribution in [3.8, 4) is 11.1 Å². The van der Waals surface area contributed by atoms with Crippen molar-refractivity contribution in [2.75, 3.05) is 25.5 Å². The minimum atomic E-state index is -0.553. The first-order valence-corrected chi connectivity index (χ1v) is 10.7. The summed E-state index contributed by atoms with van der Waals surface area (Å²) in [6.07, 6.45) is 4.45. The van der Waals surface area contributed by atoms with E-state index in [0.29, 0.717) is 42.7 Å². The molecule has 0 bridgehead atoms. The number of urea groups is 1. The fraction of sp³-hybridized carbons (Fsp3) is 0.240. The first-order chi connectivity index (χ1) is 15.9. The molecule has 3 amide bonds. The van der Waals surface area contributed by atoms with Crippen molar-refractivity contribution < 1.29 is 18.4 Å². The van der Waals surface area contributed by atoms with Crippen LogP contribution in [-0.4, -0.2) is 52.9 Å². The molecule has 33 heavy (non-hydrogen) atoms. The van der Waals surface area contributed by atoms with E-state index in [4.69, 9.17) is 0 Å². The Balaban J connectivity index is 1.34. The Morgan fingerprint density at radius 2 is 1.85 bits per heavy atom. The summed E-state index contributed by atoms with van der Waals surface area (Å²) in [7, 11) is 1.69. The van der Waals surface area contributed by atoms with Crippen LogP contribution in [0.5, 0.6) is 0 Å². The predicted octanol–water partition coefficient (Wildman–Crippen LogP) is 4.80. The van der Waals surface area contributed by atoms with E-state index >= 15 is 0 Å². The molecular weight excluding hydrogens is 426 g/mol. The lowest BCUT2D eigenvalue weighted by atomic mass is 10.0. The molecule has 1 N–H and O–H groups in total. The van der Waals surface area contributed by atoms with Gasteiger partial charge >= 0.3 is 6.03 Å². The smallest absolute Gasteiger partial charge is 0.321 e. The second-order valence-electron chi connectivity index (χ2n) is 8.01. The predicted molar refractivity (Wildman–Crippen MR) is 122 cm³/mol. The molecule has 0 aliphatic carbocycles. The Bertz CT molecular complexity index is 1150. The number of carbonyl (C=O) groups is 2. The maximum atomic E-state index is 14.6. The molecule has 2 heterocycles. The highest BCUT2D eigenvalue weighted by atomic mass is 19.1. The van der Waals surface area contributed by atoms with Gasteiger partial charge in [0.1, 0.15) is 11.6 Å². The summed E-state index contributed by atoms with van der Waals surface area (Å²) in [5.74, 6) is -1.06. The van der Waals surface area contributed by atoms with Gasteiger partial charge in [0.15, 0.2) is 0 Å². The van der Waals surface area contributed by atoms with E-state index in [1.54, 1.807) is 53.5 Å². The van der Waals surface area contributed by atoms with E-state index in [0.717, 1.165) is 0 Å². The van der Waals surface area contributed by atoms with Crippen LogP contribution in [0.15, 0.2) is 67.0 Å². The number of hydrogen-bond acceptors (Lipinski definition) is 3. The van der Waals surface area contributed by atoms with Crippen molar-refractivity contribution in [1.29, 1.82) is 0 Å². The molecule has 4 rings (SSSR count). The van der Waals surface area contributed by atoms with E-state index in [2.05, 4.69) is 10.3 Å². The summed E-state index contributed by atoms with van der Waals surface area (Å²) in [5, 5.41) is 2.71. The molecular formula is C25H24F2N4O2. The molecule has 0 saturated carbocycles. The summed E-state index contributed by atoms with van der Waals surface area (Å²) in [5.41, 5.74) is 1.54. The number of carbonyl (C=O) groups excluding carboxylic acids is 2. The number of likely N-dealkylation sites (tertiary alicyclic amines) is 1. The molecule has 1 aliphatic rings. The number of anilines is 1. The van der Waals surface area contributed by atoms with Crippen LogP contribution in [0, 0.1) is 11.6 Å². The molecule has 1 aromatic heterocycles. The van der Waals surface area contributed by atoms with Gasteiger partial charge in [-0.15, -0.1) is 0 Å². The second-order valence-corrected chi connectivity index (χ2v) is 8.01. The number of halogens is 2. The van der Waals surface area contributed by atoms with Gasteiger partial charge in [-0.05, 0) is 60.9 Å². The standard InChI is InChI=1S/C25H24F2N4O2/c1-30(21-9-12-31(13-10-21)24(32)18-5-3-11-28-16-18)25(33)29-20-7-8-22(23(27)15-20)17-4-2-6-19(26)14-17/h2-8,11,14-16,21H,9-10,12-13H2,1H3,(H,29,33). The van der Waals surface area contributed by atoms with Gasteiger partial charge in [0, 0.05) is 49.8 Å². The van der Waals surface area contributed by atoms with Crippen LogP contribution >= 0.6 is 0 Å². The third-order valence-electron chi connectivity index (χ3n) is 5.88. The van der Waals surface area contributed by atoms with Crippen LogP contribution in [0.1, 0.15) is 23.2 Å². The van der Waals surface area contributed by atoms with Gasteiger partial charge in [-0.2, -0.15) is 0 Å². The van der Waals surface area contributed by atoms with Crippen LogP contribution < -0.4 is 5.32 Å². The summed E-state index contributed by atoms with van der Waals surface area (Å²) in [6.45, 7) is 1.07. The van der Waals surface area contributed by atoms with Crippen LogP contribution in [0.4, 0.5) is 19.3 Å². The van der Waals surface area contributed by atoms with E-state index in [9.17, 15) is 18.4 Å². The minimum Gasteiger partial charge on any atom is -0.338 e. The Labute approximate surface area is 190 Å². The van der Waals surface area contributed by atoms with Crippen molar-refractivity contribution in [3.05, 3.63) is 84.2 Å². The molecule has 0 unspecified atom stereocenters.